The zero-order valence-corrected chi connectivity index (χ0v) is 18.6. The van der Waals surface area contributed by atoms with Gasteiger partial charge in [0.1, 0.15) is 6.10 Å². The van der Waals surface area contributed by atoms with Gasteiger partial charge in [-0.05, 0) is 0 Å². The minimum atomic E-state index is -3.31. The van der Waals surface area contributed by atoms with Crippen molar-refractivity contribution in [2.24, 2.45) is 0 Å². The zero-order chi connectivity index (χ0) is 24.6. The molecule has 34 heavy (non-hydrogen) atoms. The van der Waals surface area contributed by atoms with Crippen molar-refractivity contribution in [1.29, 1.82) is 0 Å². The Bertz CT molecular complexity index is 1220. The lowest BCUT2D eigenvalue weighted by molar-refractivity contribution is -0.0975. The lowest BCUT2D eigenvalue weighted by Gasteiger charge is -2.40. The fourth-order valence-corrected chi connectivity index (χ4v) is 4.69. The Hall–Kier alpha value is -3.20. The molecule has 0 saturated carbocycles. The van der Waals surface area contributed by atoms with Gasteiger partial charge >= 0.3 is 0 Å². The number of aliphatic hydroxyl groups is 3. The van der Waals surface area contributed by atoms with Crippen molar-refractivity contribution < 1.29 is 34.4 Å². The van der Waals surface area contributed by atoms with Gasteiger partial charge in [0.05, 0.1) is 6.61 Å². The van der Waals surface area contributed by atoms with Crippen molar-refractivity contribution in [2.45, 2.75) is 22.4 Å². The second kappa shape index (κ2) is 8.87. The van der Waals surface area contributed by atoms with E-state index in [-0.39, 0.29) is 16.7 Å². The Morgan fingerprint density at radius 2 is 1.09 bits per heavy atom. The van der Waals surface area contributed by atoms with Gasteiger partial charge in [0, 0.05) is 16.7 Å². The number of carbonyl (C=O) groups is 3. The summed E-state index contributed by atoms with van der Waals surface area (Å²) in [5.74, 6) is -3.41. The SMILES string of the molecule is O=C(c1ccccc1)C1(Cl)O[C@H](CO)[C@](O)(C(=O)c2ccccc2)[C@]1(O)C(=O)c1ccccc1. The van der Waals surface area contributed by atoms with Gasteiger partial charge in [-0.1, -0.05) is 103 Å². The molecule has 1 saturated heterocycles. The molecule has 0 bridgehead atoms. The fraction of sp³-hybridized carbons (Fsp3) is 0.192. The summed E-state index contributed by atoms with van der Waals surface area (Å²) < 4.78 is 5.56. The van der Waals surface area contributed by atoms with Crippen molar-refractivity contribution in [2.75, 3.05) is 6.61 Å². The van der Waals surface area contributed by atoms with E-state index in [1.54, 1.807) is 18.2 Å². The first-order chi connectivity index (χ1) is 16.2. The van der Waals surface area contributed by atoms with Gasteiger partial charge in [-0.3, -0.25) is 14.4 Å². The highest BCUT2D eigenvalue weighted by molar-refractivity contribution is 6.41. The van der Waals surface area contributed by atoms with Crippen LogP contribution in [0.1, 0.15) is 31.1 Å². The van der Waals surface area contributed by atoms with Crippen molar-refractivity contribution >= 4 is 29.0 Å². The molecule has 4 rings (SSSR count). The third-order valence-corrected chi connectivity index (χ3v) is 6.56. The summed E-state index contributed by atoms with van der Waals surface area (Å²) >= 11 is 6.63. The van der Waals surface area contributed by atoms with Crippen LogP contribution in [0.2, 0.25) is 0 Å². The van der Waals surface area contributed by atoms with Gasteiger partial charge in [0.15, 0.2) is 5.60 Å². The van der Waals surface area contributed by atoms with Gasteiger partial charge in [0.2, 0.25) is 28.0 Å². The molecule has 1 aliphatic rings. The van der Waals surface area contributed by atoms with Crippen molar-refractivity contribution in [3.8, 4) is 0 Å². The largest absolute Gasteiger partial charge is 0.394 e. The highest BCUT2D eigenvalue weighted by Crippen LogP contribution is 2.53. The summed E-state index contributed by atoms with van der Waals surface area (Å²) in [6, 6.07) is 22.1. The van der Waals surface area contributed by atoms with E-state index in [9.17, 15) is 29.7 Å². The normalized spacial score (nSPS) is 28.4. The average Bonchev–Trinajstić information content (AvgIpc) is 3.08. The molecule has 1 heterocycles. The van der Waals surface area contributed by atoms with Gasteiger partial charge in [-0.25, -0.2) is 0 Å². The van der Waals surface area contributed by atoms with Gasteiger partial charge < -0.3 is 20.1 Å². The lowest BCUT2D eigenvalue weighted by Crippen LogP contribution is -2.71. The zero-order valence-electron chi connectivity index (χ0n) is 17.8. The van der Waals surface area contributed by atoms with Crippen LogP contribution in [0.15, 0.2) is 91.0 Å². The van der Waals surface area contributed by atoms with Crippen LogP contribution in [-0.4, -0.2) is 61.6 Å². The van der Waals surface area contributed by atoms with Crippen LogP contribution in [-0.2, 0) is 4.74 Å². The Morgan fingerprint density at radius 3 is 1.50 bits per heavy atom. The Kier molecular flexibility index (Phi) is 6.24. The third-order valence-electron chi connectivity index (χ3n) is 6.03. The molecule has 4 atom stereocenters. The maximum Gasteiger partial charge on any atom is 0.245 e. The van der Waals surface area contributed by atoms with Crippen LogP contribution in [0.4, 0.5) is 0 Å². The summed E-state index contributed by atoms with van der Waals surface area (Å²) in [6.07, 6.45) is -1.90. The monoisotopic (exact) mass is 480 g/mol. The van der Waals surface area contributed by atoms with Crippen LogP contribution in [0.3, 0.4) is 0 Å². The summed E-state index contributed by atoms with van der Waals surface area (Å²) in [5.41, 5.74) is -6.67. The van der Waals surface area contributed by atoms with E-state index < -0.39 is 46.3 Å². The second-order valence-electron chi connectivity index (χ2n) is 7.95. The topological polar surface area (TPSA) is 121 Å². The van der Waals surface area contributed by atoms with Crippen LogP contribution >= 0.6 is 11.6 Å². The van der Waals surface area contributed by atoms with E-state index in [0.717, 1.165) is 0 Å². The maximum atomic E-state index is 13.8. The molecule has 174 valence electrons. The molecule has 1 unspecified atom stereocenters. The molecule has 0 spiro atoms. The second-order valence-corrected chi connectivity index (χ2v) is 8.48. The van der Waals surface area contributed by atoms with E-state index in [1.165, 1.54) is 72.8 Å². The molecule has 0 aromatic heterocycles. The van der Waals surface area contributed by atoms with E-state index in [1.807, 2.05) is 0 Å². The van der Waals surface area contributed by atoms with Crippen LogP contribution in [0.25, 0.3) is 0 Å². The minimum absolute atomic E-state index is 0.0371. The Balaban J connectivity index is 1.98. The van der Waals surface area contributed by atoms with Crippen molar-refractivity contribution in [1.82, 2.24) is 0 Å². The fourth-order valence-electron chi connectivity index (χ4n) is 4.24. The minimum Gasteiger partial charge on any atom is -0.394 e. The number of carbonyl (C=O) groups excluding carboxylic acids is 3. The van der Waals surface area contributed by atoms with Gasteiger partial charge in [-0.15, -0.1) is 0 Å². The first-order valence-corrected chi connectivity index (χ1v) is 10.8. The quantitative estimate of drug-likeness (QED) is 0.351. The van der Waals surface area contributed by atoms with Crippen LogP contribution < -0.4 is 0 Å². The predicted octanol–water partition coefficient (Wildman–Crippen LogP) is 2.42. The van der Waals surface area contributed by atoms with E-state index in [4.69, 9.17) is 16.3 Å². The average molecular weight is 481 g/mol. The molecule has 0 aliphatic carbocycles. The van der Waals surface area contributed by atoms with Crippen LogP contribution in [0, 0.1) is 0 Å². The van der Waals surface area contributed by atoms with Crippen LogP contribution in [0.5, 0.6) is 0 Å². The number of rotatable bonds is 7. The maximum absolute atomic E-state index is 13.8. The Morgan fingerprint density at radius 1 is 0.706 bits per heavy atom. The molecular formula is C26H21ClO7. The number of halogens is 1. The highest BCUT2D eigenvalue weighted by Gasteiger charge is 2.81. The number of aliphatic hydroxyl groups excluding tert-OH is 1. The molecule has 3 aromatic rings. The number of hydrogen-bond donors (Lipinski definition) is 3. The molecular weight excluding hydrogens is 460 g/mol. The summed E-state index contributed by atoms with van der Waals surface area (Å²) in [4.78, 5) is 40.9. The van der Waals surface area contributed by atoms with Crippen molar-refractivity contribution in [3.05, 3.63) is 108 Å². The molecule has 1 fully saturated rings. The summed E-state index contributed by atoms with van der Waals surface area (Å²) in [6.45, 7) is -1.02. The molecule has 1 aliphatic heterocycles. The number of ketones is 3. The van der Waals surface area contributed by atoms with Gasteiger partial charge in [0.25, 0.3) is 0 Å². The molecule has 0 radical (unpaired) electrons. The molecule has 7 nitrogen and oxygen atoms in total. The first-order valence-electron chi connectivity index (χ1n) is 10.4. The van der Waals surface area contributed by atoms with Crippen molar-refractivity contribution in [3.63, 3.8) is 0 Å². The van der Waals surface area contributed by atoms with E-state index in [0.29, 0.717) is 0 Å². The number of benzene rings is 3. The predicted molar refractivity (Wildman–Crippen MR) is 123 cm³/mol. The number of Topliss-reactive ketones (excluding diaryl/α,β-unsaturated/α-hetero) is 3. The molecule has 0 amide bonds. The summed E-state index contributed by atoms with van der Waals surface area (Å²) in [5, 5.41) is 30.9. The first kappa shape index (κ1) is 23.9. The third kappa shape index (κ3) is 3.33. The smallest absolute Gasteiger partial charge is 0.245 e. The molecule has 3 N–H and O–H groups in total. The van der Waals surface area contributed by atoms with E-state index in [2.05, 4.69) is 0 Å². The van der Waals surface area contributed by atoms with E-state index >= 15 is 0 Å². The lowest BCUT2D eigenvalue weighted by atomic mass is 9.68. The Labute approximate surface area is 200 Å². The number of hydrogen-bond acceptors (Lipinski definition) is 7. The molecule has 8 heteroatoms. The number of alkyl halides is 1. The van der Waals surface area contributed by atoms with Gasteiger partial charge in [-0.2, -0.15) is 0 Å². The summed E-state index contributed by atoms with van der Waals surface area (Å²) in [7, 11) is 0. The number of ether oxygens (including phenoxy) is 1. The standard InChI is InChI=1S/C26H21ClO7/c27-26(23(31)19-14-8-3-9-15-19)25(33,22(30)18-12-6-2-7-13-18)24(32,20(16-28)34-26)21(29)17-10-4-1-5-11-17/h1-15,20,28,32-33H,16H2/t20-,24+,25-,26?/m1/s1. The molecule has 3 aromatic carbocycles. The highest BCUT2D eigenvalue weighted by atomic mass is 35.5.